The number of carboxylic acids is 1. The maximum Gasteiger partial charge on any atom is 0.332 e. The highest BCUT2D eigenvalue weighted by molar-refractivity contribution is 5.82. The number of carbonyl (C=O) groups is 2. The average Bonchev–Trinajstić information content (AvgIpc) is 2.73. The molecule has 2 N–H and O–H groups in total. The Morgan fingerprint density at radius 3 is 2.69 bits per heavy atom. The number of carboxylic acid groups (broad SMARTS) is 1. The van der Waals surface area contributed by atoms with Gasteiger partial charge < -0.3 is 15.2 Å². The van der Waals surface area contributed by atoms with Crippen LogP contribution in [0.2, 0.25) is 0 Å². The Kier molecular flexibility index (Phi) is 4.73. The van der Waals surface area contributed by atoms with Crippen molar-refractivity contribution in [3.05, 3.63) is 0 Å². The quantitative estimate of drug-likeness (QED) is 0.645. The molecular weight excluding hydrogens is 212 g/mol. The predicted octanol–water partition coefficient (Wildman–Crippen LogP) is 0.0386. The van der Waals surface area contributed by atoms with Crippen LogP contribution in [0.25, 0.3) is 0 Å². The number of amides is 1. The van der Waals surface area contributed by atoms with Crippen LogP contribution >= 0.6 is 0 Å². The van der Waals surface area contributed by atoms with Gasteiger partial charge in [-0.3, -0.25) is 4.79 Å². The second-order valence-corrected chi connectivity index (χ2v) is 3.58. The van der Waals surface area contributed by atoms with Gasteiger partial charge in [0.15, 0.2) is 6.10 Å². The summed E-state index contributed by atoms with van der Waals surface area (Å²) in [6.07, 6.45) is 0.256. The summed E-state index contributed by atoms with van der Waals surface area (Å²) in [5.74, 6) is -1.32. The van der Waals surface area contributed by atoms with E-state index in [1.165, 1.54) is 0 Å². The molecule has 1 heterocycles. The minimum Gasteiger partial charge on any atom is -0.479 e. The first-order chi connectivity index (χ1) is 7.65. The number of nitrogens with one attached hydrogen (secondary N) is 1. The first kappa shape index (κ1) is 12.5. The van der Waals surface area contributed by atoms with Crippen molar-refractivity contribution in [2.24, 2.45) is 0 Å². The number of unbranched alkanes of at least 4 members (excludes halogenated alkanes) is 1. The van der Waals surface area contributed by atoms with Gasteiger partial charge in [0, 0.05) is 13.0 Å². The maximum absolute atomic E-state index is 11.5. The molecule has 0 saturated carbocycles. The normalized spacial score (nSPS) is 23.7. The van der Waals surface area contributed by atoms with Crippen molar-refractivity contribution >= 4 is 11.9 Å². The van der Waals surface area contributed by atoms with Crippen LogP contribution in [0.3, 0.4) is 0 Å². The first-order valence-corrected chi connectivity index (χ1v) is 5.18. The van der Waals surface area contributed by atoms with E-state index in [0.29, 0.717) is 32.2 Å². The molecule has 1 aliphatic heterocycles. The Labute approximate surface area is 93.2 Å². The molecule has 0 aromatic carbocycles. The first-order valence-electron chi connectivity index (χ1n) is 5.18. The summed E-state index contributed by atoms with van der Waals surface area (Å²) in [6, 6.07) is 1.97. The fourth-order valence-corrected chi connectivity index (χ4v) is 1.50. The molecule has 0 spiro atoms. The van der Waals surface area contributed by atoms with Crippen LogP contribution in [0.15, 0.2) is 0 Å². The third-order valence-corrected chi connectivity index (χ3v) is 2.35. The molecule has 88 valence electrons. The van der Waals surface area contributed by atoms with Crippen molar-refractivity contribution in [2.75, 3.05) is 6.54 Å². The third kappa shape index (κ3) is 3.51. The highest BCUT2D eigenvalue weighted by Gasteiger charge is 2.34. The van der Waals surface area contributed by atoms with Crippen LogP contribution in [-0.4, -0.2) is 35.7 Å². The van der Waals surface area contributed by atoms with Gasteiger partial charge in [-0.05, 0) is 19.3 Å². The van der Waals surface area contributed by atoms with E-state index in [1.54, 1.807) is 0 Å². The molecule has 6 nitrogen and oxygen atoms in total. The van der Waals surface area contributed by atoms with Gasteiger partial charge in [-0.25, -0.2) is 4.79 Å². The van der Waals surface area contributed by atoms with Crippen molar-refractivity contribution in [3.8, 4) is 6.07 Å². The minimum absolute atomic E-state index is 0.290. The highest BCUT2D eigenvalue weighted by Crippen LogP contribution is 2.19. The van der Waals surface area contributed by atoms with Crippen molar-refractivity contribution in [1.29, 1.82) is 5.26 Å². The van der Waals surface area contributed by atoms with Crippen molar-refractivity contribution < 1.29 is 19.4 Å². The van der Waals surface area contributed by atoms with E-state index >= 15 is 0 Å². The fourth-order valence-electron chi connectivity index (χ4n) is 1.50. The lowest BCUT2D eigenvalue weighted by Gasteiger charge is -2.11. The highest BCUT2D eigenvalue weighted by atomic mass is 16.5. The molecule has 2 atom stereocenters. The standard InChI is InChI=1S/C10H14N2O4/c11-5-1-2-6-12-9(13)7-3-4-8(16-7)10(14)15/h7-8H,1-4,6H2,(H,12,13)(H,14,15)/t7-,8+/m0/s1. The number of nitrogens with zero attached hydrogens (tertiary/aromatic N) is 1. The van der Waals surface area contributed by atoms with Crippen molar-refractivity contribution in [1.82, 2.24) is 5.32 Å². The van der Waals surface area contributed by atoms with Gasteiger partial charge in [0.1, 0.15) is 6.10 Å². The molecule has 1 rings (SSSR count). The molecule has 1 saturated heterocycles. The second-order valence-electron chi connectivity index (χ2n) is 3.58. The molecule has 1 aliphatic rings. The molecule has 0 bridgehead atoms. The smallest absolute Gasteiger partial charge is 0.332 e. The van der Waals surface area contributed by atoms with Crippen LogP contribution in [0.1, 0.15) is 25.7 Å². The number of carbonyl (C=O) groups excluding carboxylic acids is 1. The predicted molar refractivity (Wildman–Crippen MR) is 53.4 cm³/mol. The van der Waals surface area contributed by atoms with E-state index in [9.17, 15) is 9.59 Å². The number of rotatable bonds is 5. The second kappa shape index (κ2) is 6.08. The summed E-state index contributed by atoms with van der Waals surface area (Å²) < 4.78 is 5.07. The number of hydrogen-bond donors (Lipinski definition) is 2. The largest absolute Gasteiger partial charge is 0.479 e. The number of ether oxygens (including phenoxy) is 1. The topological polar surface area (TPSA) is 99.4 Å². The molecule has 1 amide bonds. The van der Waals surface area contributed by atoms with Crippen LogP contribution in [0, 0.1) is 11.3 Å². The van der Waals surface area contributed by atoms with Gasteiger partial charge in [-0.2, -0.15) is 5.26 Å². The molecule has 0 radical (unpaired) electrons. The minimum atomic E-state index is -1.03. The number of hydrogen-bond acceptors (Lipinski definition) is 4. The van der Waals surface area contributed by atoms with E-state index in [4.69, 9.17) is 15.1 Å². The summed E-state index contributed by atoms with van der Waals surface area (Å²) in [6.45, 7) is 0.421. The fraction of sp³-hybridized carbons (Fsp3) is 0.700. The Bertz CT molecular complexity index is 310. The molecule has 0 unspecified atom stereocenters. The Morgan fingerprint density at radius 2 is 2.12 bits per heavy atom. The van der Waals surface area contributed by atoms with E-state index in [1.807, 2.05) is 6.07 Å². The summed E-state index contributed by atoms with van der Waals surface area (Å²) in [4.78, 5) is 22.0. The van der Waals surface area contributed by atoms with Crippen LogP contribution in [-0.2, 0) is 14.3 Å². The molecule has 0 aromatic heterocycles. The lowest BCUT2D eigenvalue weighted by Crippen LogP contribution is -2.36. The monoisotopic (exact) mass is 226 g/mol. The Morgan fingerprint density at radius 1 is 1.44 bits per heavy atom. The average molecular weight is 226 g/mol. The third-order valence-electron chi connectivity index (χ3n) is 2.35. The summed E-state index contributed by atoms with van der Waals surface area (Å²) in [7, 11) is 0. The zero-order valence-corrected chi connectivity index (χ0v) is 8.81. The zero-order valence-electron chi connectivity index (χ0n) is 8.81. The molecule has 0 aromatic rings. The van der Waals surface area contributed by atoms with Crippen molar-refractivity contribution in [3.63, 3.8) is 0 Å². The lowest BCUT2D eigenvalue weighted by atomic mass is 10.2. The van der Waals surface area contributed by atoms with Crippen LogP contribution < -0.4 is 5.32 Å². The van der Waals surface area contributed by atoms with Crippen LogP contribution in [0.4, 0.5) is 0 Å². The van der Waals surface area contributed by atoms with Gasteiger partial charge in [0.05, 0.1) is 6.07 Å². The molecule has 0 aliphatic carbocycles. The zero-order chi connectivity index (χ0) is 12.0. The van der Waals surface area contributed by atoms with E-state index in [-0.39, 0.29) is 5.91 Å². The van der Waals surface area contributed by atoms with Gasteiger partial charge in [-0.15, -0.1) is 0 Å². The maximum atomic E-state index is 11.5. The number of aliphatic carboxylic acids is 1. The van der Waals surface area contributed by atoms with Gasteiger partial charge >= 0.3 is 5.97 Å². The SMILES string of the molecule is N#CCCCNC(=O)[C@@H]1CC[C@H](C(=O)O)O1. The van der Waals surface area contributed by atoms with Gasteiger partial charge in [0.25, 0.3) is 0 Å². The molecule has 6 heteroatoms. The number of nitriles is 1. The van der Waals surface area contributed by atoms with E-state index in [0.717, 1.165) is 0 Å². The van der Waals surface area contributed by atoms with Crippen molar-refractivity contribution in [2.45, 2.75) is 37.9 Å². The lowest BCUT2D eigenvalue weighted by molar-refractivity contribution is -0.151. The summed E-state index contributed by atoms with van der Waals surface area (Å²) in [5, 5.41) is 19.6. The van der Waals surface area contributed by atoms with Gasteiger partial charge in [-0.1, -0.05) is 0 Å². The van der Waals surface area contributed by atoms with E-state index in [2.05, 4.69) is 5.32 Å². The molecule has 1 fully saturated rings. The Balaban J connectivity index is 2.23. The van der Waals surface area contributed by atoms with Crippen LogP contribution in [0.5, 0.6) is 0 Å². The summed E-state index contributed by atoms with van der Waals surface area (Å²) in [5.41, 5.74) is 0. The Hall–Kier alpha value is -1.61. The molecule has 16 heavy (non-hydrogen) atoms. The van der Waals surface area contributed by atoms with Gasteiger partial charge in [0.2, 0.25) is 5.91 Å². The summed E-state index contributed by atoms with van der Waals surface area (Å²) >= 11 is 0. The van der Waals surface area contributed by atoms with E-state index < -0.39 is 18.2 Å². The molecular formula is C10H14N2O4.